The lowest BCUT2D eigenvalue weighted by molar-refractivity contribution is -0.143. The molecule has 0 aliphatic carbocycles. The zero-order chi connectivity index (χ0) is 94.5. The summed E-state index contributed by atoms with van der Waals surface area (Å²) in [5.74, 6) is -0.625. The second kappa shape index (κ2) is 42.7. The number of carbonyl (C=O) groups excluding carboxylic acids is 2. The monoisotopic (exact) mass is 1900 g/mol. The second-order valence-electron chi connectivity index (χ2n) is 30.9. The molecular formula is C98H86Cl2F4N12O20. The van der Waals surface area contributed by atoms with Crippen LogP contribution in [0, 0.1) is 23.3 Å². The summed E-state index contributed by atoms with van der Waals surface area (Å²) in [6.45, 7) is 1.94. The van der Waals surface area contributed by atoms with Gasteiger partial charge < -0.3 is 95.2 Å². The molecule has 0 amide bonds. The molecule has 38 heteroatoms. The van der Waals surface area contributed by atoms with Gasteiger partial charge in [0.25, 0.3) is 24.1 Å². The fraction of sp³-hybridized carbons (Fsp3) is 0.224. The maximum atomic E-state index is 13.7. The number of hydrogen-bond donors (Lipinski definition) is 3. The molecule has 8 aromatic carbocycles. The normalized spacial score (nSPS) is 15.0. The third-order valence-electron chi connectivity index (χ3n) is 22.8. The van der Waals surface area contributed by atoms with Crippen molar-refractivity contribution >= 4 is 116 Å². The van der Waals surface area contributed by atoms with Crippen LogP contribution in [0.1, 0.15) is 66.8 Å². The Morgan fingerprint density at radius 1 is 0.360 bits per heavy atom. The number of aliphatic carboxylic acids is 2. The number of esters is 2. The quantitative estimate of drug-likeness (QED) is 0.0322. The summed E-state index contributed by atoms with van der Waals surface area (Å²) in [6.07, 6.45) is 14.4. The average Bonchev–Trinajstić information content (AvgIpc) is 1.31. The van der Waals surface area contributed by atoms with Crippen molar-refractivity contribution in [2.45, 2.75) is 102 Å². The molecule has 8 aromatic heterocycles. The SMILES string of the molecule is COC(=O)[C@@H]1Cc2c(ccc(OC)c2O)CN1c1nc2ccc(F)cc2o1.COC(=O)[C@@H]1Cc2c(ccc(OC)c2OCc2ccncc2)CN1c1nc2ccc(F)cc2o1.COc1ccc2c(c1OCc1ccncc1)C[C@@H](C(=O)O)N(c1nc3ccc(F)cc3o1)C2.COc1ccc2c(c1OCc1ccncc1)C[C@@H](C(=O)O)N(c1nc3ccc(F)cc3o1)C2.Cl.ClCc1ccncc1. The van der Waals surface area contributed by atoms with Gasteiger partial charge in [0.05, 0.1) is 42.7 Å². The molecule has 3 N–H and O–H groups in total. The number of ether oxygens (including phenoxy) is 9. The molecule has 16 aromatic rings. The number of aromatic hydroxyl groups is 1. The lowest BCUT2D eigenvalue weighted by Crippen LogP contribution is -2.46. The number of carboxylic acids is 2. The minimum absolute atomic E-state index is 0. The van der Waals surface area contributed by atoms with E-state index in [1.165, 1.54) is 88.1 Å². The highest BCUT2D eigenvalue weighted by Crippen LogP contribution is 2.46. The predicted molar refractivity (Wildman–Crippen MR) is 490 cm³/mol. The van der Waals surface area contributed by atoms with Crippen LogP contribution in [-0.2, 0) is 106 Å². The van der Waals surface area contributed by atoms with Gasteiger partial charge in [0, 0.05) is 154 Å². The molecule has 20 rings (SSSR count). The molecule has 4 aliphatic rings. The molecule has 0 unspecified atom stereocenters. The number of methoxy groups -OCH3 is 6. The summed E-state index contributed by atoms with van der Waals surface area (Å²) in [6, 6.07) is 43.0. The van der Waals surface area contributed by atoms with Gasteiger partial charge in [-0.05, 0) is 166 Å². The molecule has 0 fully saturated rings. The summed E-state index contributed by atoms with van der Waals surface area (Å²) < 4.78 is 127. The van der Waals surface area contributed by atoms with Gasteiger partial charge in [-0.3, -0.25) is 19.9 Å². The molecule has 0 spiro atoms. The number of carbonyl (C=O) groups is 4. The van der Waals surface area contributed by atoms with Crippen molar-refractivity contribution < 1.29 is 112 Å². The van der Waals surface area contributed by atoms with Crippen molar-refractivity contribution in [3.05, 3.63) is 309 Å². The van der Waals surface area contributed by atoms with Gasteiger partial charge in [-0.25, -0.2) is 36.7 Å². The number of nitrogens with zero attached hydrogens (tertiary/aromatic N) is 12. The van der Waals surface area contributed by atoms with Crippen molar-refractivity contribution in [3.63, 3.8) is 0 Å². The molecular weight excluding hydrogens is 1810 g/mol. The fourth-order valence-electron chi connectivity index (χ4n) is 16.0. The number of hydrogen-bond acceptors (Lipinski definition) is 30. The van der Waals surface area contributed by atoms with E-state index in [0.717, 1.165) is 61.2 Å². The summed E-state index contributed by atoms with van der Waals surface area (Å²) in [7, 11) is 8.76. The Hall–Kier alpha value is -16.0. The summed E-state index contributed by atoms with van der Waals surface area (Å²) in [5.41, 5.74) is 13.4. The third kappa shape index (κ3) is 21.1. The number of fused-ring (bicyclic) bond motifs is 8. The van der Waals surface area contributed by atoms with Crippen molar-refractivity contribution in [2.24, 2.45) is 0 Å². The Morgan fingerprint density at radius 3 is 0.882 bits per heavy atom. The fourth-order valence-corrected chi connectivity index (χ4v) is 16.1. The van der Waals surface area contributed by atoms with Crippen LogP contribution >= 0.6 is 24.0 Å². The second-order valence-corrected chi connectivity index (χ2v) is 31.2. The maximum absolute atomic E-state index is 13.7. The number of benzene rings is 8. The van der Waals surface area contributed by atoms with Crippen molar-refractivity contribution in [2.75, 3.05) is 62.3 Å². The first-order valence-corrected chi connectivity index (χ1v) is 42.5. The Labute approximate surface area is 783 Å². The van der Waals surface area contributed by atoms with Gasteiger partial charge in [-0.2, -0.15) is 19.9 Å². The number of pyridine rings is 4. The lowest BCUT2D eigenvalue weighted by atomic mass is 9.92. The molecule has 0 bridgehead atoms. The first-order chi connectivity index (χ1) is 65.6. The van der Waals surface area contributed by atoms with Crippen molar-refractivity contribution in [1.29, 1.82) is 0 Å². The first kappa shape index (κ1) is 94.7. The Balaban J connectivity index is 0.000000134. The van der Waals surface area contributed by atoms with E-state index in [1.54, 1.807) is 115 Å². The van der Waals surface area contributed by atoms with Crippen LogP contribution in [0.2, 0.25) is 0 Å². The number of phenols is 1. The van der Waals surface area contributed by atoms with E-state index in [9.17, 15) is 52.1 Å². The molecule has 4 aliphatic heterocycles. The molecule has 0 saturated carbocycles. The summed E-state index contributed by atoms with van der Waals surface area (Å²) in [4.78, 5) is 89.6. The highest BCUT2D eigenvalue weighted by atomic mass is 35.5. The van der Waals surface area contributed by atoms with Crippen LogP contribution in [0.25, 0.3) is 44.4 Å². The van der Waals surface area contributed by atoms with Crippen molar-refractivity contribution in [3.8, 4) is 46.0 Å². The number of anilines is 4. The smallest absolute Gasteiger partial charge is 0.329 e. The number of oxazole rings is 4. The van der Waals surface area contributed by atoms with Crippen LogP contribution in [0.5, 0.6) is 46.0 Å². The van der Waals surface area contributed by atoms with Crippen LogP contribution in [0.15, 0.2) is 237 Å². The van der Waals surface area contributed by atoms with E-state index < -0.39 is 71.3 Å². The van der Waals surface area contributed by atoms with E-state index in [-0.39, 0.29) is 117 Å². The van der Waals surface area contributed by atoms with Crippen LogP contribution in [-0.4, -0.2) is 146 Å². The van der Waals surface area contributed by atoms with Gasteiger partial charge in [-0.1, -0.05) is 24.3 Å². The zero-order valence-electron chi connectivity index (χ0n) is 73.5. The number of halogens is 6. The molecule has 12 heterocycles. The molecule has 0 radical (unpaired) electrons. The van der Waals surface area contributed by atoms with E-state index >= 15 is 0 Å². The third-order valence-corrected chi connectivity index (χ3v) is 23.1. The summed E-state index contributed by atoms with van der Waals surface area (Å²) in [5, 5.41) is 30.4. The Kier molecular flexibility index (Phi) is 29.7. The highest BCUT2D eigenvalue weighted by molar-refractivity contribution is 6.17. The van der Waals surface area contributed by atoms with Crippen LogP contribution in [0.3, 0.4) is 0 Å². The van der Waals surface area contributed by atoms with E-state index in [0.29, 0.717) is 92.5 Å². The Bertz CT molecular complexity index is 6770. The number of rotatable bonds is 22. The van der Waals surface area contributed by atoms with Crippen LogP contribution < -0.4 is 52.8 Å². The molecule has 0 saturated heterocycles. The van der Waals surface area contributed by atoms with Gasteiger partial charge in [0.15, 0.2) is 68.3 Å². The van der Waals surface area contributed by atoms with Gasteiger partial charge >= 0.3 is 23.9 Å². The van der Waals surface area contributed by atoms with Crippen LogP contribution in [0.4, 0.5) is 41.6 Å². The number of phenolic OH excluding ortho intramolecular Hbond substituents is 1. The average molecular weight is 1900 g/mol. The van der Waals surface area contributed by atoms with E-state index in [4.69, 9.17) is 71.9 Å². The molecule has 32 nitrogen and oxygen atoms in total. The lowest BCUT2D eigenvalue weighted by Gasteiger charge is -2.35. The number of alkyl halides is 1. The predicted octanol–water partition coefficient (Wildman–Crippen LogP) is 17.0. The zero-order valence-corrected chi connectivity index (χ0v) is 75.1. The maximum Gasteiger partial charge on any atom is 0.329 e. The largest absolute Gasteiger partial charge is 0.504 e. The Morgan fingerprint density at radius 2 is 0.618 bits per heavy atom. The highest BCUT2D eigenvalue weighted by Gasteiger charge is 2.42. The topological polar surface area (TPSA) is 381 Å². The molecule has 700 valence electrons. The van der Waals surface area contributed by atoms with Gasteiger partial charge in [0.2, 0.25) is 0 Å². The standard InChI is InChI=1S/C25H22FN3O5.2C24H20FN3O5.C19H17FN2O5.C6H6ClN.ClH/c1-31-21-6-3-16-13-29(25-28-19-5-4-17(26)11-22(19)34-25)20(24(30)32-2)12-18(16)23(21)33-14-15-7-9-27-10-8-15;2*1-31-20-5-2-15-12-28(24-27-18-4-3-16(25)10-21(18)33-24)19(23(29)30)11-17(15)22(20)32-13-14-6-8-26-9-7-14;1-25-15-6-3-10-9-22(14(18(24)26-2)8-12(10)17(15)23)19-21-13-5-4-11(20)7-16(13)27-19;7-5-6-1-3-8-4-2-6;/h3-11,20H,12-14H2,1-2H3;2*2-10,19H,11-13H2,1H3,(H,29,30);3-7,14,23H,8-9H2,1-2H3;1-4H,5H2;1H/t20-;2*19-;14-;;/m0000../s1. The number of carboxylic acid groups (broad SMARTS) is 2. The van der Waals surface area contributed by atoms with E-state index in [2.05, 4.69) is 39.9 Å². The summed E-state index contributed by atoms with van der Waals surface area (Å²) >= 11 is 5.50. The number of aromatic nitrogens is 8. The molecule has 136 heavy (non-hydrogen) atoms. The van der Waals surface area contributed by atoms with Gasteiger partial charge in [-0.15, -0.1) is 24.0 Å². The van der Waals surface area contributed by atoms with Gasteiger partial charge in [0.1, 0.15) is 89.3 Å². The minimum atomic E-state index is -1.03. The first-order valence-electron chi connectivity index (χ1n) is 41.9. The molecule has 4 atom stereocenters. The minimum Gasteiger partial charge on any atom is -0.504 e. The van der Waals surface area contributed by atoms with Crippen molar-refractivity contribution in [1.82, 2.24) is 39.9 Å². The van der Waals surface area contributed by atoms with E-state index in [1.807, 2.05) is 78.9 Å².